The Balaban J connectivity index is 1.75. The molecule has 1 amide bonds. The van der Waals surface area contributed by atoms with Crippen molar-refractivity contribution in [1.82, 2.24) is 10.2 Å². The topological polar surface area (TPSA) is 41.6 Å². The van der Waals surface area contributed by atoms with Crippen LogP contribution >= 0.6 is 11.3 Å². The van der Waals surface area contributed by atoms with Gasteiger partial charge in [0.15, 0.2) is 0 Å². The van der Waals surface area contributed by atoms with Gasteiger partial charge in [0.25, 0.3) is 5.91 Å². The fourth-order valence-corrected chi connectivity index (χ4v) is 3.68. The smallest absolute Gasteiger partial charge is 0.253 e. The van der Waals surface area contributed by atoms with Gasteiger partial charge in [-0.3, -0.25) is 4.79 Å². The van der Waals surface area contributed by atoms with Crippen molar-refractivity contribution < 1.29 is 9.53 Å². The quantitative estimate of drug-likeness (QED) is 0.830. The molecule has 2 aliphatic heterocycles. The maximum Gasteiger partial charge on any atom is 0.253 e. The van der Waals surface area contributed by atoms with E-state index < -0.39 is 0 Å². The molecule has 0 spiro atoms. The second-order valence-electron chi connectivity index (χ2n) is 4.82. The summed E-state index contributed by atoms with van der Waals surface area (Å²) in [7, 11) is 0. The lowest BCUT2D eigenvalue weighted by atomic mass is 10.0. The summed E-state index contributed by atoms with van der Waals surface area (Å²) in [6.07, 6.45) is 0.671. The molecule has 0 saturated carbocycles. The van der Waals surface area contributed by atoms with Crippen LogP contribution in [0.15, 0.2) is 11.4 Å². The number of amides is 1. The number of thiophene rings is 1. The third kappa shape index (κ3) is 2.06. The SMILES string of the molecule is CC1c2ccsc2CCN1C(=O)C1CNCCO1. The second-order valence-corrected chi connectivity index (χ2v) is 5.82. The summed E-state index contributed by atoms with van der Waals surface area (Å²) in [5.74, 6) is 0.131. The number of hydrogen-bond acceptors (Lipinski definition) is 4. The summed E-state index contributed by atoms with van der Waals surface area (Å²) in [6.45, 7) is 5.03. The predicted molar refractivity (Wildman–Crippen MR) is 70.8 cm³/mol. The molecule has 2 unspecified atom stereocenters. The Hall–Kier alpha value is -0.910. The van der Waals surface area contributed by atoms with E-state index in [1.807, 2.05) is 4.90 Å². The highest BCUT2D eigenvalue weighted by Crippen LogP contribution is 2.33. The van der Waals surface area contributed by atoms with Crippen molar-refractivity contribution in [3.05, 3.63) is 21.9 Å². The lowest BCUT2D eigenvalue weighted by Gasteiger charge is -2.36. The molecular formula is C13H18N2O2S. The number of nitrogens with zero attached hydrogens (tertiary/aromatic N) is 1. The minimum atomic E-state index is -0.304. The van der Waals surface area contributed by atoms with Crippen molar-refractivity contribution in [2.45, 2.75) is 25.5 Å². The lowest BCUT2D eigenvalue weighted by molar-refractivity contribution is -0.147. The molecule has 0 aliphatic carbocycles. The molecule has 98 valence electrons. The van der Waals surface area contributed by atoms with Gasteiger partial charge in [0.05, 0.1) is 12.6 Å². The first-order valence-corrected chi connectivity index (χ1v) is 7.34. The van der Waals surface area contributed by atoms with E-state index in [-0.39, 0.29) is 18.1 Å². The standard InChI is InChI=1S/C13H18N2O2S/c1-9-10-3-7-18-12(10)2-5-15(9)13(16)11-8-14-4-6-17-11/h3,7,9,11,14H,2,4-6,8H2,1H3. The van der Waals surface area contributed by atoms with E-state index in [1.54, 1.807) is 11.3 Å². The van der Waals surface area contributed by atoms with Crippen LogP contribution in [0.1, 0.15) is 23.4 Å². The molecule has 1 aromatic rings. The van der Waals surface area contributed by atoms with Crippen molar-refractivity contribution in [3.8, 4) is 0 Å². The zero-order valence-electron chi connectivity index (χ0n) is 10.5. The maximum atomic E-state index is 12.5. The van der Waals surface area contributed by atoms with Crippen molar-refractivity contribution in [3.63, 3.8) is 0 Å². The molecule has 1 aromatic heterocycles. The van der Waals surface area contributed by atoms with E-state index in [2.05, 4.69) is 23.7 Å². The fraction of sp³-hybridized carbons (Fsp3) is 0.615. The van der Waals surface area contributed by atoms with Gasteiger partial charge >= 0.3 is 0 Å². The largest absolute Gasteiger partial charge is 0.366 e. The summed E-state index contributed by atoms with van der Waals surface area (Å²) < 4.78 is 5.56. The first-order chi connectivity index (χ1) is 8.77. The molecule has 0 bridgehead atoms. The average Bonchev–Trinajstić information content (AvgIpc) is 2.89. The number of fused-ring (bicyclic) bond motifs is 1. The molecule has 2 atom stereocenters. The van der Waals surface area contributed by atoms with Crippen LogP contribution in [0, 0.1) is 0 Å². The van der Waals surface area contributed by atoms with Crippen LogP contribution in [0.5, 0.6) is 0 Å². The van der Waals surface area contributed by atoms with Crippen molar-refractivity contribution in [2.24, 2.45) is 0 Å². The van der Waals surface area contributed by atoms with Crippen LogP contribution in [0.2, 0.25) is 0 Å². The van der Waals surface area contributed by atoms with Crippen molar-refractivity contribution in [1.29, 1.82) is 0 Å². The first kappa shape index (κ1) is 12.1. The van der Waals surface area contributed by atoms with Gasteiger partial charge in [-0.25, -0.2) is 0 Å². The molecule has 1 N–H and O–H groups in total. The maximum absolute atomic E-state index is 12.5. The molecule has 4 nitrogen and oxygen atoms in total. The van der Waals surface area contributed by atoms with Gasteiger partial charge in [0.2, 0.25) is 0 Å². The Bertz CT molecular complexity index is 440. The third-order valence-electron chi connectivity index (χ3n) is 3.76. The third-order valence-corrected chi connectivity index (χ3v) is 4.76. The predicted octanol–water partition coefficient (Wildman–Crippen LogP) is 1.18. The highest BCUT2D eigenvalue weighted by Gasteiger charge is 2.33. The van der Waals surface area contributed by atoms with E-state index in [0.29, 0.717) is 13.2 Å². The minimum Gasteiger partial charge on any atom is -0.366 e. The Morgan fingerprint density at radius 1 is 1.61 bits per heavy atom. The van der Waals surface area contributed by atoms with Gasteiger partial charge in [-0.15, -0.1) is 11.3 Å². The Kier molecular flexibility index (Phi) is 3.37. The van der Waals surface area contributed by atoms with E-state index >= 15 is 0 Å². The molecular weight excluding hydrogens is 248 g/mol. The molecule has 1 saturated heterocycles. The number of nitrogens with one attached hydrogen (secondary N) is 1. The van der Waals surface area contributed by atoms with Gasteiger partial charge in [-0.05, 0) is 30.4 Å². The molecule has 2 aliphatic rings. The number of rotatable bonds is 1. The Morgan fingerprint density at radius 3 is 3.28 bits per heavy atom. The summed E-state index contributed by atoms with van der Waals surface area (Å²) in [6, 6.07) is 2.32. The van der Waals surface area contributed by atoms with Crippen molar-refractivity contribution >= 4 is 17.2 Å². The summed E-state index contributed by atoms with van der Waals surface area (Å²) in [5, 5.41) is 5.33. The van der Waals surface area contributed by atoms with Gasteiger partial charge in [0.1, 0.15) is 6.10 Å². The highest BCUT2D eigenvalue weighted by atomic mass is 32.1. The number of hydrogen-bond donors (Lipinski definition) is 1. The normalized spacial score (nSPS) is 27.9. The average molecular weight is 266 g/mol. The van der Waals surface area contributed by atoms with Gasteiger partial charge < -0.3 is 15.0 Å². The molecule has 0 aromatic carbocycles. The zero-order chi connectivity index (χ0) is 12.5. The van der Waals surface area contributed by atoms with Crippen LogP contribution in [0.25, 0.3) is 0 Å². The van der Waals surface area contributed by atoms with E-state index in [9.17, 15) is 4.79 Å². The van der Waals surface area contributed by atoms with Crippen LogP contribution in [0.3, 0.4) is 0 Å². The highest BCUT2D eigenvalue weighted by molar-refractivity contribution is 7.10. The summed E-state index contributed by atoms with van der Waals surface area (Å²) in [5.41, 5.74) is 1.31. The molecule has 5 heteroatoms. The van der Waals surface area contributed by atoms with Gasteiger partial charge in [-0.1, -0.05) is 0 Å². The molecule has 18 heavy (non-hydrogen) atoms. The minimum absolute atomic E-state index is 0.131. The monoisotopic (exact) mass is 266 g/mol. The van der Waals surface area contributed by atoms with E-state index in [0.717, 1.165) is 19.5 Å². The number of carbonyl (C=O) groups is 1. The summed E-state index contributed by atoms with van der Waals surface area (Å²) >= 11 is 1.80. The lowest BCUT2D eigenvalue weighted by Crippen LogP contribution is -2.51. The van der Waals surface area contributed by atoms with Gasteiger partial charge in [-0.2, -0.15) is 0 Å². The van der Waals surface area contributed by atoms with E-state index in [4.69, 9.17) is 4.74 Å². The van der Waals surface area contributed by atoms with Crippen LogP contribution < -0.4 is 5.32 Å². The Morgan fingerprint density at radius 2 is 2.50 bits per heavy atom. The fourth-order valence-electron chi connectivity index (χ4n) is 2.72. The molecule has 1 fully saturated rings. The first-order valence-electron chi connectivity index (χ1n) is 6.46. The van der Waals surface area contributed by atoms with E-state index in [1.165, 1.54) is 10.4 Å². The number of ether oxygens (including phenoxy) is 1. The van der Waals surface area contributed by atoms with Crippen LogP contribution in [-0.4, -0.2) is 43.2 Å². The molecule has 3 rings (SSSR count). The van der Waals surface area contributed by atoms with Gasteiger partial charge in [0, 0.05) is 24.5 Å². The zero-order valence-corrected chi connectivity index (χ0v) is 11.3. The molecule has 0 radical (unpaired) electrons. The van der Waals surface area contributed by atoms with Crippen LogP contribution in [-0.2, 0) is 16.0 Å². The molecule has 3 heterocycles. The van der Waals surface area contributed by atoms with Crippen LogP contribution in [0.4, 0.5) is 0 Å². The number of morpholine rings is 1. The Labute approximate surface area is 111 Å². The summed E-state index contributed by atoms with van der Waals surface area (Å²) in [4.78, 5) is 15.8. The second kappa shape index (κ2) is 4.99. The number of carbonyl (C=O) groups excluding carboxylic acids is 1. The van der Waals surface area contributed by atoms with Crippen molar-refractivity contribution in [2.75, 3.05) is 26.2 Å².